The standard InChI is InChI=1S/C19H19BrFN3O2S2/c1-18(10-21)7-13-8-28-17(23-15(25)12-5-3-2-4-6-12)24-19(13,11-26-18)16-22-14(20)9-27-16/h2-6,9,13H,7-8,10-11H2,1H3,(H,23,24,25)/t13-,18-,19-/m0/s1. The monoisotopic (exact) mass is 483 g/mol. The van der Waals surface area contributed by atoms with Gasteiger partial charge in [-0.3, -0.25) is 4.79 Å². The highest BCUT2D eigenvalue weighted by molar-refractivity contribution is 9.10. The van der Waals surface area contributed by atoms with Gasteiger partial charge < -0.3 is 10.1 Å². The molecule has 2 aromatic rings. The van der Waals surface area contributed by atoms with Gasteiger partial charge in [-0.1, -0.05) is 30.0 Å². The Morgan fingerprint density at radius 2 is 2.21 bits per heavy atom. The van der Waals surface area contributed by atoms with Crippen molar-refractivity contribution in [2.75, 3.05) is 19.0 Å². The van der Waals surface area contributed by atoms with E-state index in [2.05, 4.69) is 26.2 Å². The Kier molecular flexibility index (Phi) is 5.61. The minimum absolute atomic E-state index is 0.0717. The van der Waals surface area contributed by atoms with Gasteiger partial charge in [0.25, 0.3) is 5.91 Å². The summed E-state index contributed by atoms with van der Waals surface area (Å²) in [4.78, 5) is 22.1. The van der Waals surface area contributed by atoms with E-state index in [4.69, 9.17) is 9.73 Å². The highest BCUT2D eigenvalue weighted by atomic mass is 79.9. The lowest BCUT2D eigenvalue weighted by molar-refractivity contribution is -0.129. The highest BCUT2D eigenvalue weighted by Crippen LogP contribution is 2.49. The van der Waals surface area contributed by atoms with Crippen LogP contribution in [0.5, 0.6) is 0 Å². The van der Waals surface area contributed by atoms with Gasteiger partial charge in [0.15, 0.2) is 5.17 Å². The van der Waals surface area contributed by atoms with Crippen molar-refractivity contribution in [2.45, 2.75) is 24.5 Å². The number of amides is 1. The zero-order valence-corrected chi connectivity index (χ0v) is 18.4. The molecule has 0 spiro atoms. The third-order valence-corrected chi connectivity index (χ3v) is 7.86. The van der Waals surface area contributed by atoms with Crippen molar-refractivity contribution in [2.24, 2.45) is 10.9 Å². The van der Waals surface area contributed by atoms with Crippen LogP contribution in [-0.4, -0.2) is 40.7 Å². The predicted octanol–water partition coefficient (Wildman–Crippen LogP) is 4.40. The molecule has 3 heterocycles. The van der Waals surface area contributed by atoms with Crippen LogP contribution in [0.1, 0.15) is 28.7 Å². The van der Waals surface area contributed by atoms with Crippen LogP contribution in [0, 0.1) is 5.92 Å². The topological polar surface area (TPSA) is 63.6 Å². The summed E-state index contributed by atoms with van der Waals surface area (Å²) < 4.78 is 20.2. The average Bonchev–Trinajstić information content (AvgIpc) is 3.16. The Bertz CT molecular complexity index is 910. The van der Waals surface area contributed by atoms with E-state index in [1.807, 2.05) is 23.6 Å². The van der Waals surface area contributed by atoms with Crippen LogP contribution in [0.3, 0.4) is 0 Å². The summed E-state index contributed by atoms with van der Waals surface area (Å²) in [7, 11) is 0. The molecule has 148 valence electrons. The van der Waals surface area contributed by atoms with Gasteiger partial charge in [0.1, 0.15) is 21.8 Å². The zero-order valence-electron chi connectivity index (χ0n) is 15.2. The fourth-order valence-electron chi connectivity index (χ4n) is 3.52. The molecule has 1 saturated heterocycles. The van der Waals surface area contributed by atoms with Crippen LogP contribution in [0.25, 0.3) is 0 Å². The van der Waals surface area contributed by atoms with E-state index in [-0.39, 0.29) is 18.4 Å². The second-order valence-electron chi connectivity index (χ2n) is 7.22. The number of thiazole rings is 1. The van der Waals surface area contributed by atoms with Gasteiger partial charge in [-0.05, 0) is 41.4 Å². The van der Waals surface area contributed by atoms with Gasteiger partial charge >= 0.3 is 0 Å². The van der Waals surface area contributed by atoms with Gasteiger partial charge in [0.05, 0.1) is 12.2 Å². The van der Waals surface area contributed by atoms with Gasteiger partial charge in [-0.2, -0.15) is 0 Å². The van der Waals surface area contributed by atoms with Crippen molar-refractivity contribution < 1.29 is 13.9 Å². The van der Waals surface area contributed by atoms with Crippen molar-refractivity contribution in [1.29, 1.82) is 0 Å². The Balaban J connectivity index is 1.66. The van der Waals surface area contributed by atoms with E-state index in [0.717, 1.165) is 9.61 Å². The number of hydrogen-bond acceptors (Lipinski definition) is 6. The van der Waals surface area contributed by atoms with Crippen molar-refractivity contribution in [3.05, 3.63) is 50.9 Å². The molecule has 1 N–H and O–H groups in total. The Morgan fingerprint density at radius 3 is 2.89 bits per heavy atom. The first-order valence-corrected chi connectivity index (χ1v) is 11.5. The number of rotatable bonds is 3. The van der Waals surface area contributed by atoms with Crippen LogP contribution in [0.2, 0.25) is 0 Å². The molecule has 1 fully saturated rings. The van der Waals surface area contributed by atoms with Crippen molar-refractivity contribution in [3.63, 3.8) is 0 Å². The molecule has 5 nitrogen and oxygen atoms in total. The van der Waals surface area contributed by atoms with E-state index in [1.54, 1.807) is 19.1 Å². The van der Waals surface area contributed by atoms with Crippen molar-refractivity contribution in [3.8, 4) is 0 Å². The molecular formula is C19H19BrFN3O2S2. The number of nitrogens with one attached hydrogen (secondary N) is 1. The summed E-state index contributed by atoms with van der Waals surface area (Å²) >= 11 is 6.39. The molecule has 0 bridgehead atoms. The summed E-state index contributed by atoms with van der Waals surface area (Å²) in [5.74, 6) is 0.581. The first-order valence-electron chi connectivity index (χ1n) is 8.85. The van der Waals surface area contributed by atoms with E-state index in [0.29, 0.717) is 22.9 Å². The highest BCUT2D eigenvalue weighted by Gasteiger charge is 2.53. The van der Waals surface area contributed by atoms with Crippen LogP contribution in [-0.2, 0) is 10.3 Å². The van der Waals surface area contributed by atoms with Crippen LogP contribution in [0.4, 0.5) is 4.39 Å². The lowest BCUT2D eigenvalue weighted by Gasteiger charge is -2.48. The second-order valence-corrected chi connectivity index (χ2v) is 9.90. The minimum atomic E-state index is -0.802. The van der Waals surface area contributed by atoms with Crippen LogP contribution >= 0.6 is 39.0 Å². The number of carbonyl (C=O) groups excluding carboxylic acids is 1. The zero-order chi connectivity index (χ0) is 19.8. The molecule has 2 aliphatic heterocycles. The minimum Gasteiger partial charge on any atom is -0.370 e. The summed E-state index contributed by atoms with van der Waals surface area (Å²) in [6.07, 6.45) is 0.553. The second kappa shape index (κ2) is 7.85. The number of aromatic nitrogens is 1. The molecule has 1 aromatic heterocycles. The number of hydrogen-bond donors (Lipinski definition) is 1. The van der Waals surface area contributed by atoms with E-state index in [9.17, 15) is 9.18 Å². The largest absolute Gasteiger partial charge is 0.370 e. The average molecular weight is 484 g/mol. The SMILES string of the molecule is C[C@@]1(CF)C[C@H]2CSC(NC(=O)c3ccccc3)=N[C@@]2(c2nc(Br)cs2)CO1. The normalized spacial score (nSPS) is 29.7. The maximum atomic E-state index is 13.5. The molecule has 4 rings (SSSR count). The lowest BCUT2D eigenvalue weighted by atomic mass is 9.76. The van der Waals surface area contributed by atoms with Gasteiger partial charge in [0.2, 0.25) is 0 Å². The Hall–Kier alpha value is -1.29. The number of fused-ring (bicyclic) bond motifs is 1. The van der Waals surface area contributed by atoms with Gasteiger partial charge in [-0.15, -0.1) is 11.3 Å². The van der Waals surface area contributed by atoms with E-state index in [1.165, 1.54) is 23.1 Å². The number of aliphatic imine (C=N–C) groups is 1. The molecule has 0 unspecified atom stereocenters. The maximum Gasteiger partial charge on any atom is 0.257 e. The molecular weight excluding hydrogens is 465 g/mol. The Morgan fingerprint density at radius 1 is 1.43 bits per heavy atom. The third kappa shape index (κ3) is 3.77. The van der Waals surface area contributed by atoms with Crippen molar-refractivity contribution in [1.82, 2.24) is 10.3 Å². The third-order valence-electron chi connectivity index (χ3n) is 5.10. The molecule has 3 atom stereocenters. The molecule has 28 heavy (non-hydrogen) atoms. The molecule has 1 amide bonds. The maximum absolute atomic E-state index is 13.5. The first-order chi connectivity index (χ1) is 13.4. The quantitative estimate of drug-likeness (QED) is 0.702. The summed E-state index contributed by atoms with van der Waals surface area (Å²) in [6, 6.07) is 9.03. The summed E-state index contributed by atoms with van der Waals surface area (Å²) in [6.45, 7) is 1.51. The lowest BCUT2D eigenvalue weighted by Crippen LogP contribution is -2.55. The smallest absolute Gasteiger partial charge is 0.257 e. The number of benzene rings is 1. The number of ether oxygens (including phenoxy) is 1. The molecule has 1 aromatic carbocycles. The molecule has 0 aliphatic carbocycles. The van der Waals surface area contributed by atoms with Crippen LogP contribution in [0.15, 0.2) is 45.3 Å². The van der Waals surface area contributed by atoms with E-state index < -0.39 is 17.8 Å². The van der Waals surface area contributed by atoms with Gasteiger partial charge in [0, 0.05) is 22.6 Å². The number of amidine groups is 1. The summed E-state index contributed by atoms with van der Waals surface area (Å²) in [5, 5.41) is 6.18. The van der Waals surface area contributed by atoms with Gasteiger partial charge in [-0.25, -0.2) is 14.4 Å². The fourth-order valence-corrected chi connectivity index (χ4v) is 6.13. The first kappa shape index (κ1) is 20.0. The number of nitrogens with zero attached hydrogens (tertiary/aromatic N) is 2. The molecule has 0 radical (unpaired) electrons. The molecule has 9 heteroatoms. The molecule has 2 aliphatic rings. The predicted molar refractivity (Wildman–Crippen MR) is 114 cm³/mol. The number of thioether (sulfide) groups is 1. The summed E-state index contributed by atoms with van der Waals surface area (Å²) in [5.41, 5.74) is -0.941. The number of alkyl halides is 1. The van der Waals surface area contributed by atoms with E-state index >= 15 is 0 Å². The van der Waals surface area contributed by atoms with Crippen LogP contribution < -0.4 is 5.32 Å². The Labute approximate surface area is 179 Å². The number of halogens is 2. The fraction of sp³-hybridized carbons (Fsp3) is 0.421. The molecule has 0 saturated carbocycles. The van der Waals surface area contributed by atoms with Crippen molar-refractivity contribution >= 4 is 50.1 Å². The number of carbonyl (C=O) groups is 1.